The molecule has 0 aliphatic heterocycles. The number of halogens is 1. The van der Waals surface area contributed by atoms with E-state index in [1.54, 1.807) is 0 Å². The van der Waals surface area contributed by atoms with Crippen LogP contribution in [-0.4, -0.2) is 35.9 Å². The van der Waals surface area contributed by atoms with Crippen LogP contribution < -0.4 is 11.1 Å². The minimum Gasteiger partial charge on any atom is -0.480 e. The number of hydrogen-bond donors (Lipinski definition) is 4. The van der Waals surface area contributed by atoms with Gasteiger partial charge in [-0.1, -0.05) is 6.08 Å². The Morgan fingerprint density at radius 3 is 2.81 bits per heavy atom. The summed E-state index contributed by atoms with van der Waals surface area (Å²) >= 11 is 0. The smallest absolute Gasteiger partial charge is 0.323 e. The van der Waals surface area contributed by atoms with Crippen molar-refractivity contribution in [3.8, 4) is 0 Å². The van der Waals surface area contributed by atoms with Crippen LogP contribution >= 0.6 is 0 Å². The van der Waals surface area contributed by atoms with Gasteiger partial charge >= 0.3 is 5.97 Å². The molecule has 16 heavy (non-hydrogen) atoms. The van der Waals surface area contributed by atoms with Gasteiger partial charge in [-0.2, -0.15) is 0 Å². The van der Waals surface area contributed by atoms with Crippen LogP contribution in [0.25, 0.3) is 0 Å². The van der Waals surface area contributed by atoms with Gasteiger partial charge in [-0.3, -0.25) is 4.79 Å². The van der Waals surface area contributed by atoms with Crippen LogP contribution in [0.15, 0.2) is 11.9 Å². The monoisotopic (exact) mass is 231 g/mol. The third-order valence-electron chi connectivity index (χ3n) is 2.02. The van der Waals surface area contributed by atoms with Crippen LogP contribution in [-0.2, 0) is 4.79 Å². The zero-order valence-electron chi connectivity index (χ0n) is 9.29. The van der Waals surface area contributed by atoms with Crippen LogP contribution in [0.4, 0.5) is 4.39 Å². The van der Waals surface area contributed by atoms with Gasteiger partial charge in [-0.25, -0.2) is 4.39 Å². The summed E-state index contributed by atoms with van der Waals surface area (Å²) in [5.74, 6) is -1.55. The highest BCUT2D eigenvalue weighted by molar-refractivity contribution is 5.78. The molecule has 0 saturated carbocycles. The second-order valence-corrected chi connectivity index (χ2v) is 3.74. The number of hydrogen-bond acceptors (Lipinski definition) is 4. The summed E-state index contributed by atoms with van der Waals surface area (Å²) in [6, 6.07) is 0. The summed E-state index contributed by atoms with van der Waals surface area (Å²) in [5, 5.41) is 18.2. The molecule has 0 aromatic carbocycles. The maximum absolute atomic E-state index is 13.1. The van der Waals surface area contributed by atoms with Crippen molar-refractivity contribution in [2.75, 3.05) is 13.1 Å². The molecular weight excluding hydrogens is 213 g/mol. The van der Waals surface area contributed by atoms with Crippen molar-refractivity contribution in [3.63, 3.8) is 0 Å². The van der Waals surface area contributed by atoms with Gasteiger partial charge in [0, 0.05) is 25.7 Å². The zero-order chi connectivity index (χ0) is 12.6. The Labute approximate surface area is 94.0 Å². The van der Waals surface area contributed by atoms with Gasteiger partial charge in [0.2, 0.25) is 0 Å². The lowest BCUT2D eigenvalue weighted by molar-refractivity contribution is -0.142. The summed E-state index contributed by atoms with van der Waals surface area (Å²) in [7, 11) is 0. The molecule has 1 atom stereocenters. The minimum absolute atomic E-state index is 0.0429. The van der Waals surface area contributed by atoms with Gasteiger partial charge in [0.1, 0.15) is 5.54 Å². The molecule has 92 valence electrons. The Balaban J connectivity index is 3.95. The zero-order valence-corrected chi connectivity index (χ0v) is 9.29. The molecule has 0 amide bonds. The second kappa shape index (κ2) is 7.08. The van der Waals surface area contributed by atoms with Gasteiger partial charge in [0.25, 0.3) is 0 Å². The molecule has 5 N–H and O–H groups in total. The minimum atomic E-state index is -1.43. The molecular formula is C10H18FN3O2. The first-order chi connectivity index (χ1) is 7.40. The normalized spacial score (nSPS) is 15.6. The lowest BCUT2D eigenvalue weighted by atomic mass is 9.99. The van der Waals surface area contributed by atoms with Crippen molar-refractivity contribution in [1.82, 2.24) is 5.32 Å². The molecule has 0 rings (SSSR count). The molecule has 6 heteroatoms. The fourth-order valence-electron chi connectivity index (χ4n) is 0.894. The molecule has 0 spiro atoms. The fourth-order valence-corrected chi connectivity index (χ4v) is 0.894. The molecule has 0 saturated heterocycles. The maximum atomic E-state index is 13.1. The van der Waals surface area contributed by atoms with E-state index in [1.807, 2.05) is 0 Å². The van der Waals surface area contributed by atoms with E-state index in [0.29, 0.717) is 13.1 Å². The Morgan fingerprint density at radius 1 is 1.69 bits per heavy atom. The van der Waals surface area contributed by atoms with Crippen molar-refractivity contribution in [3.05, 3.63) is 11.9 Å². The molecule has 0 aliphatic rings. The maximum Gasteiger partial charge on any atom is 0.323 e. The van der Waals surface area contributed by atoms with Gasteiger partial charge in [-0.15, -0.1) is 0 Å². The topological polar surface area (TPSA) is 99.2 Å². The standard InChI is InChI=1S/C10H18FN3O2/c1-10(13,9(15)16)4-2-8(11)3-6-14-7-5-12/h2,5,12,14H,3-4,6-7,13H2,1H3,(H,15,16)/b8-2+,12-5?/t10-/m0/s1. The van der Waals surface area contributed by atoms with Crippen LogP contribution in [0.2, 0.25) is 0 Å². The van der Waals surface area contributed by atoms with Crippen LogP contribution in [0.3, 0.4) is 0 Å². The number of rotatable bonds is 8. The van der Waals surface area contributed by atoms with E-state index in [4.69, 9.17) is 16.2 Å². The number of carboxylic acids is 1. The third kappa shape index (κ3) is 6.26. The third-order valence-corrected chi connectivity index (χ3v) is 2.02. The highest BCUT2D eigenvalue weighted by atomic mass is 19.1. The van der Waals surface area contributed by atoms with E-state index < -0.39 is 17.3 Å². The Kier molecular flexibility index (Phi) is 6.52. The number of nitrogens with two attached hydrogens (primary N) is 1. The van der Waals surface area contributed by atoms with Crippen molar-refractivity contribution in [2.24, 2.45) is 5.73 Å². The highest BCUT2D eigenvalue weighted by Crippen LogP contribution is 2.11. The second-order valence-electron chi connectivity index (χ2n) is 3.74. The summed E-state index contributed by atoms with van der Waals surface area (Å²) in [6.07, 6.45) is 2.51. The average Bonchev–Trinajstić information content (AvgIpc) is 2.21. The summed E-state index contributed by atoms with van der Waals surface area (Å²) in [4.78, 5) is 10.6. The van der Waals surface area contributed by atoms with E-state index >= 15 is 0 Å². The molecule has 0 unspecified atom stereocenters. The lowest BCUT2D eigenvalue weighted by Gasteiger charge is -2.16. The first-order valence-electron chi connectivity index (χ1n) is 4.96. The van der Waals surface area contributed by atoms with E-state index in [1.165, 1.54) is 19.2 Å². The van der Waals surface area contributed by atoms with Gasteiger partial charge < -0.3 is 21.6 Å². The van der Waals surface area contributed by atoms with Crippen molar-refractivity contribution >= 4 is 12.2 Å². The fraction of sp³-hybridized carbons (Fsp3) is 0.600. The van der Waals surface area contributed by atoms with Gasteiger partial charge in [-0.05, 0) is 13.3 Å². The molecule has 5 nitrogen and oxygen atoms in total. The highest BCUT2D eigenvalue weighted by Gasteiger charge is 2.26. The number of carbonyl (C=O) groups is 1. The van der Waals surface area contributed by atoms with Gasteiger partial charge in [0.15, 0.2) is 0 Å². The predicted molar refractivity (Wildman–Crippen MR) is 60.3 cm³/mol. The number of nitrogens with one attached hydrogen (secondary N) is 2. The Hall–Kier alpha value is -1.27. The molecule has 0 aromatic heterocycles. The van der Waals surface area contributed by atoms with Crippen molar-refractivity contribution < 1.29 is 14.3 Å². The van der Waals surface area contributed by atoms with Crippen LogP contribution in [0.1, 0.15) is 19.8 Å². The first kappa shape index (κ1) is 14.7. The van der Waals surface area contributed by atoms with Crippen molar-refractivity contribution in [2.45, 2.75) is 25.3 Å². The van der Waals surface area contributed by atoms with Gasteiger partial charge in [0.05, 0.1) is 5.83 Å². The molecule has 0 radical (unpaired) electrons. The Bertz CT molecular complexity index is 277. The molecule has 0 bridgehead atoms. The molecule has 0 aliphatic carbocycles. The van der Waals surface area contributed by atoms with Crippen molar-refractivity contribution in [1.29, 1.82) is 5.41 Å². The average molecular weight is 231 g/mol. The van der Waals surface area contributed by atoms with E-state index in [-0.39, 0.29) is 12.8 Å². The lowest BCUT2D eigenvalue weighted by Crippen LogP contribution is -2.44. The number of carboxylic acid groups (broad SMARTS) is 1. The van der Waals surface area contributed by atoms with E-state index in [2.05, 4.69) is 5.32 Å². The van der Waals surface area contributed by atoms with E-state index in [9.17, 15) is 9.18 Å². The molecule has 0 fully saturated rings. The van der Waals surface area contributed by atoms with E-state index in [0.717, 1.165) is 0 Å². The van der Waals surface area contributed by atoms with Crippen LogP contribution in [0, 0.1) is 5.41 Å². The first-order valence-corrected chi connectivity index (χ1v) is 4.96. The largest absolute Gasteiger partial charge is 0.480 e. The quantitative estimate of drug-likeness (QED) is 0.364. The predicted octanol–water partition coefficient (Wildman–Crippen LogP) is 0.661. The summed E-state index contributed by atoms with van der Waals surface area (Å²) in [5.41, 5.74) is 4.00. The number of aliphatic carboxylic acids is 1. The summed E-state index contributed by atoms with van der Waals surface area (Å²) in [6.45, 7) is 2.15. The SMILES string of the molecule is C[C@](N)(C/C=C(/F)CCNCC=N)C(=O)O. The van der Waals surface area contributed by atoms with Crippen LogP contribution in [0.5, 0.6) is 0 Å². The summed E-state index contributed by atoms with van der Waals surface area (Å²) < 4.78 is 13.1. The molecule has 0 aromatic rings. The molecule has 0 heterocycles. The Morgan fingerprint density at radius 2 is 2.31 bits per heavy atom.